The van der Waals surface area contributed by atoms with Crippen molar-refractivity contribution in [2.45, 2.75) is 74.2 Å². The molecule has 0 amide bonds. The lowest BCUT2D eigenvalue weighted by molar-refractivity contribution is -0.952. The van der Waals surface area contributed by atoms with E-state index < -0.39 is 23.2 Å². The third-order valence-corrected chi connectivity index (χ3v) is 9.00. The summed E-state index contributed by atoms with van der Waals surface area (Å²) < 4.78 is 7.15. The molecule has 1 spiro atoms. The summed E-state index contributed by atoms with van der Waals surface area (Å²) >= 11 is 0. The van der Waals surface area contributed by atoms with Crippen molar-refractivity contribution >= 4 is 0 Å². The van der Waals surface area contributed by atoms with Crippen LogP contribution in [0.25, 0.3) is 0 Å². The second-order valence-corrected chi connectivity index (χ2v) is 10.1. The van der Waals surface area contributed by atoms with Crippen molar-refractivity contribution in [3.8, 4) is 11.5 Å². The Bertz CT molecular complexity index is 823. The van der Waals surface area contributed by atoms with Crippen LogP contribution in [0.1, 0.15) is 49.7 Å². The molecule has 6 rings (SSSR count). The molecule has 1 aromatic carbocycles. The Kier molecular flexibility index (Phi) is 3.08. The molecule has 0 radical (unpaired) electrons. The van der Waals surface area contributed by atoms with Crippen LogP contribution in [0.2, 0.25) is 0 Å². The highest BCUT2D eigenvalue weighted by atomic mass is 16.5. The maximum Gasteiger partial charge on any atom is 0.137 e. The minimum absolute atomic E-state index is 0.0530. The Morgan fingerprint density at radius 3 is 2.78 bits per heavy atom. The number of phenols is 1. The molecule has 2 heterocycles. The van der Waals surface area contributed by atoms with Crippen molar-refractivity contribution in [1.82, 2.24) is 0 Å². The van der Waals surface area contributed by atoms with Gasteiger partial charge in [-0.2, -0.15) is 0 Å². The maximum atomic E-state index is 12.3. The van der Waals surface area contributed by atoms with Crippen molar-refractivity contribution in [2.75, 3.05) is 20.1 Å². The largest absolute Gasteiger partial charge is 0.508 e. The van der Waals surface area contributed by atoms with Gasteiger partial charge in [-0.15, -0.1) is 0 Å². The van der Waals surface area contributed by atoms with Crippen molar-refractivity contribution in [2.24, 2.45) is 5.92 Å². The molecule has 0 aromatic heterocycles. The van der Waals surface area contributed by atoms with E-state index in [4.69, 9.17) is 4.74 Å². The minimum Gasteiger partial charge on any atom is -0.508 e. The predicted octanol–water partition coefficient (Wildman–Crippen LogP) is 1.85. The van der Waals surface area contributed by atoms with E-state index in [0.717, 1.165) is 46.8 Å². The number of hydrogen-bond donors (Lipinski definition) is 3. The van der Waals surface area contributed by atoms with Crippen LogP contribution in [0.15, 0.2) is 12.1 Å². The number of rotatable bonds is 2. The Morgan fingerprint density at radius 2 is 2.04 bits per heavy atom. The van der Waals surface area contributed by atoms with Crippen LogP contribution < -0.4 is 4.74 Å². The van der Waals surface area contributed by atoms with Crippen LogP contribution in [-0.4, -0.2) is 63.8 Å². The number of quaternary nitrogens is 1. The van der Waals surface area contributed by atoms with E-state index in [1.54, 1.807) is 6.07 Å². The lowest BCUT2D eigenvalue weighted by atomic mass is 9.48. The van der Waals surface area contributed by atoms with Crippen LogP contribution in [0.3, 0.4) is 0 Å². The van der Waals surface area contributed by atoms with Gasteiger partial charge in [-0.05, 0) is 37.8 Å². The number of benzene rings is 1. The second kappa shape index (κ2) is 5.00. The number of ether oxygens (including phenoxy) is 1. The second-order valence-electron chi connectivity index (χ2n) is 10.1. The van der Waals surface area contributed by atoms with E-state index in [2.05, 4.69) is 7.05 Å². The van der Waals surface area contributed by atoms with Crippen LogP contribution in [0, 0.1) is 5.92 Å². The Balaban J connectivity index is 1.56. The van der Waals surface area contributed by atoms with Gasteiger partial charge in [0.05, 0.1) is 31.7 Å². The van der Waals surface area contributed by atoms with Gasteiger partial charge in [0.2, 0.25) is 0 Å². The Hall–Kier alpha value is -1.30. The van der Waals surface area contributed by atoms with Gasteiger partial charge in [-0.3, -0.25) is 0 Å². The fourth-order valence-electron chi connectivity index (χ4n) is 7.52. The first-order valence-corrected chi connectivity index (χ1v) is 10.7. The summed E-state index contributed by atoms with van der Waals surface area (Å²) in [7, 11) is 2.32. The molecule has 2 bridgehead atoms. The third kappa shape index (κ3) is 1.77. The maximum absolute atomic E-state index is 12.3. The molecule has 1 saturated heterocycles. The molecule has 5 nitrogen and oxygen atoms in total. The van der Waals surface area contributed by atoms with Gasteiger partial charge < -0.3 is 24.5 Å². The molecule has 2 saturated carbocycles. The van der Waals surface area contributed by atoms with E-state index in [-0.39, 0.29) is 6.04 Å². The van der Waals surface area contributed by atoms with Gasteiger partial charge in [-0.25, -0.2) is 0 Å². The molecular formula is C22H30NO4+. The first-order valence-electron chi connectivity index (χ1n) is 10.7. The summed E-state index contributed by atoms with van der Waals surface area (Å²) in [6, 6.07) is 3.61. The number of hydrogen-bond acceptors (Lipinski definition) is 4. The molecule has 6 atom stereocenters. The number of aliphatic hydroxyl groups excluding tert-OH is 1. The summed E-state index contributed by atoms with van der Waals surface area (Å²) in [4.78, 5) is 0. The average Bonchev–Trinajstić information content (AvgIpc) is 2.95. The van der Waals surface area contributed by atoms with Crippen LogP contribution >= 0.6 is 0 Å². The summed E-state index contributed by atoms with van der Waals surface area (Å²) in [5, 5.41) is 33.8. The Morgan fingerprint density at radius 1 is 1.22 bits per heavy atom. The summed E-state index contributed by atoms with van der Waals surface area (Å²) in [5.41, 5.74) is 0.505. The van der Waals surface area contributed by atoms with Gasteiger partial charge in [0.1, 0.15) is 29.2 Å². The molecule has 3 unspecified atom stereocenters. The van der Waals surface area contributed by atoms with Crippen LogP contribution in [0.5, 0.6) is 11.5 Å². The first kappa shape index (κ1) is 16.6. The molecule has 3 aliphatic carbocycles. The molecule has 1 aromatic rings. The van der Waals surface area contributed by atoms with Crippen LogP contribution in [0.4, 0.5) is 0 Å². The highest BCUT2D eigenvalue weighted by Crippen LogP contribution is 2.66. The zero-order valence-electron chi connectivity index (χ0n) is 16.0. The number of likely N-dealkylation sites (N-methyl/N-ethyl adjacent to an activating group) is 1. The fraction of sp³-hybridized carbons (Fsp3) is 0.727. The smallest absolute Gasteiger partial charge is 0.137 e. The number of aliphatic hydroxyl groups is 2. The molecule has 146 valence electrons. The third-order valence-electron chi connectivity index (χ3n) is 9.00. The van der Waals surface area contributed by atoms with Crippen molar-refractivity contribution < 1.29 is 24.5 Å². The summed E-state index contributed by atoms with van der Waals surface area (Å²) in [6.45, 7) is 2.12. The number of aromatic hydroxyl groups is 1. The van der Waals surface area contributed by atoms with Crippen molar-refractivity contribution in [3.63, 3.8) is 0 Å². The predicted molar refractivity (Wildman–Crippen MR) is 99.8 cm³/mol. The van der Waals surface area contributed by atoms with Gasteiger partial charge in [0.15, 0.2) is 0 Å². The monoisotopic (exact) mass is 372 g/mol. The number of piperidine rings is 1. The van der Waals surface area contributed by atoms with Crippen molar-refractivity contribution in [1.29, 1.82) is 0 Å². The van der Waals surface area contributed by atoms with E-state index in [0.29, 0.717) is 25.0 Å². The zero-order valence-corrected chi connectivity index (χ0v) is 16.0. The highest BCUT2D eigenvalue weighted by Gasteiger charge is 2.76. The normalized spacial score (nSPS) is 47.1. The van der Waals surface area contributed by atoms with E-state index >= 15 is 0 Å². The van der Waals surface area contributed by atoms with E-state index in [1.807, 2.05) is 6.07 Å². The van der Waals surface area contributed by atoms with Gasteiger partial charge >= 0.3 is 0 Å². The van der Waals surface area contributed by atoms with E-state index in [9.17, 15) is 15.3 Å². The van der Waals surface area contributed by atoms with Crippen LogP contribution in [-0.2, 0) is 11.8 Å². The summed E-state index contributed by atoms with van der Waals surface area (Å²) in [5.74, 6) is 1.85. The molecule has 5 heteroatoms. The van der Waals surface area contributed by atoms with Gasteiger partial charge in [-0.1, -0.05) is 6.42 Å². The number of likely N-dealkylation sites (tertiary alicyclic amines) is 1. The molecular weight excluding hydrogens is 342 g/mol. The number of phenolic OH excluding ortho intramolecular Hbond substituents is 1. The minimum atomic E-state index is -0.875. The lowest BCUT2D eigenvalue weighted by Crippen LogP contribution is -2.81. The van der Waals surface area contributed by atoms with Gasteiger partial charge in [0, 0.05) is 29.9 Å². The SMILES string of the molecule is C[N@@+]1(CC2CCC2)CC[C@@]23c4c5ccc(O)c4CC1C2(O)CC[C@H](O)C3O5. The molecule has 2 aliphatic heterocycles. The quantitative estimate of drug-likeness (QED) is 0.693. The highest BCUT2D eigenvalue weighted by molar-refractivity contribution is 5.61. The molecule has 5 aliphatic rings. The topological polar surface area (TPSA) is 69.9 Å². The lowest BCUT2D eigenvalue weighted by Gasteiger charge is -2.65. The molecule has 3 fully saturated rings. The first-order chi connectivity index (χ1) is 12.9. The van der Waals surface area contributed by atoms with Crippen molar-refractivity contribution in [3.05, 3.63) is 23.3 Å². The van der Waals surface area contributed by atoms with Gasteiger partial charge in [0.25, 0.3) is 0 Å². The molecule has 3 N–H and O–H groups in total. The number of nitrogens with zero attached hydrogens (tertiary/aromatic N) is 1. The molecule has 27 heavy (non-hydrogen) atoms. The average molecular weight is 372 g/mol. The Labute approximate surface area is 160 Å². The standard InChI is InChI=1S/C22H29NO4/c1-23(12-13-3-2-4-13)10-9-21-19-14-11-18(23)22(21,26)8-7-16(25)20(21)27-17(19)6-5-15(14)24/h5-6,13,16,18,20,25-26H,2-4,7-12H2,1H3/p+1/t16-,18?,20?,21-,22?,23-/m0/s1. The zero-order chi connectivity index (χ0) is 18.6. The fourth-order valence-corrected chi connectivity index (χ4v) is 7.52. The van der Waals surface area contributed by atoms with E-state index in [1.165, 1.54) is 19.3 Å². The summed E-state index contributed by atoms with van der Waals surface area (Å²) in [6.07, 6.45) is 5.70.